The highest BCUT2D eigenvalue weighted by atomic mass is 16.5. The van der Waals surface area contributed by atoms with Crippen molar-refractivity contribution in [3.05, 3.63) is 99.5 Å². The normalized spacial score (nSPS) is 11.1. The van der Waals surface area contributed by atoms with E-state index in [0.29, 0.717) is 22.8 Å². The number of anilines is 1. The smallest absolute Gasteiger partial charge is 0.269 e. The van der Waals surface area contributed by atoms with Gasteiger partial charge in [-0.3, -0.25) is 14.0 Å². The summed E-state index contributed by atoms with van der Waals surface area (Å²) in [5, 5.41) is 12.4. The van der Waals surface area contributed by atoms with E-state index < -0.39 is 11.5 Å². The van der Waals surface area contributed by atoms with Gasteiger partial charge in [-0.2, -0.15) is 10.2 Å². The molecule has 0 radical (unpaired) electrons. The lowest BCUT2D eigenvalue weighted by Gasteiger charge is -2.12. The lowest BCUT2D eigenvalue weighted by Crippen LogP contribution is -2.20. The number of fused-ring (bicyclic) bond motifs is 1. The van der Waals surface area contributed by atoms with E-state index in [1.165, 1.54) is 17.6 Å². The van der Waals surface area contributed by atoms with Gasteiger partial charge < -0.3 is 14.8 Å². The number of carbonyl (C=O) groups is 1. The van der Waals surface area contributed by atoms with Crippen molar-refractivity contribution in [2.24, 2.45) is 0 Å². The van der Waals surface area contributed by atoms with Crippen LogP contribution in [0.2, 0.25) is 0 Å². The summed E-state index contributed by atoms with van der Waals surface area (Å²) in [5.74, 6) is 0.326. The number of pyridine rings is 1. The van der Waals surface area contributed by atoms with E-state index in [-0.39, 0.29) is 17.0 Å². The fraction of sp³-hybridized carbons (Fsp3) is 0.111. The number of benzene rings is 2. The third kappa shape index (κ3) is 5.04. The number of aryl methyl sites for hydroxylation is 2. The van der Waals surface area contributed by atoms with E-state index >= 15 is 0 Å². The Kier molecular flexibility index (Phi) is 6.60. The fourth-order valence-electron chi connectivity index (χ4n) is 3.40. The minimum absolute atomic E-state index is 0.00455. The van der Waals surface area contributed by atoms with Crippen LogP contribution in [0, 0.1) is 25.2 Å². The van der Waals surface area contributed by atoms with Gasteiger partial charge in [0.15, 0.2) is 0 Å². The molecule has 4 rings (SSSR count). The summed E-state index contributed by atoms with van der Waals surface area (Å²) in [5.41, 5.74) is 1.89. The van der Waals surface area contributed by atoms with Crippen LogP contribution in [0.5, 0.6) is 17.4 Å². The van der Waals surface area contributed by atoms with Gasteiger partial charge in [-0.25, -0.2) is 0 Å². The van der Waals surface area contributed by atoms with Crippen LogP contribution in [0.3, 0.4) is 0 Å². The molecule has 0 aliphatic heterocycles. The number of rotatable bonds is 6. The van der Waals surface area contributed by atoms with Crippen molar-refractivity contribution < 1.29 is 14.3 Å². The quantitative estimate of drug-likeness (QED) is 0.327. The highest BCUT2D eigenvalue weighted by Gasteiger charge is 2.18. The van der Waals surface area contributed by atoms with E-state index in [1.54, 1.807) is 48.7 Å². The average Bonchev–Trinajstić information content (AvgIpc) is 2.86. The van der Waals surface area contributed by atoms with Crippen LogP contribution >= 0.6 is 0 Å². The monoisotopic (exact) mass is 466 g/mol. The van der Waals surface area contributed by atoms with E-state index in [0.717, 1.165) is 11.1 Å². The van der Waals surface area contributed by atoms with Crippen molar-refractivity contribution in [1.82, 2.24) is 9.38 Å². The Morgan fingerprint density at radius 1 is 1.09 bits per heavy atom. The second kappa shape index (κ2) is 9.93. The third-order valence-corrected chi connectivity index (χ3v) is 5.27. The van der Waals surface area contributed by atoms with Crippen molar-refractivity contribution in [2.45, 2.75) is 13.8 Å². The van der Waals surface area contributed by atoms with Crippen LogP contribution in [0.4, 0.5) is 5.69 Å². The Morgan fingerprint density at radius 3 is 2.57 bits per heavy atom. The number of hydrogen-bond acceptors (Lipinski definition) is 6. The molecule has 35 heavy (non-hydrogen) atoms. The lowest BCUT2D eigenvalue weighted by atomic mass is 10.1. The van der Waals surface area contributed by atoms with Gasteiger partial charge in [0.1, 0.15) is 34.4 Å². The Bertz CT molecular complexity index is 1550. The van der Waals surface area contributed by atoms with Gasteiger partial charge in [-0.15, -0.1) is 0 Å². The standard InChI is InChI=1S/C27H22N4O4/c1-17-9-11-21(12-10-17)35-26-23(27(33)31-13-5-6-18(2)24(31)30-26)14-19(16-28)25(32)29-20-7-4-8-22(15-20)34-3/h4-15H,1-3H3,(H,29,32)/b19-14-. The molecule has 4 aromatic rings. The summed E-state index contributed by atoms with van der Waals surface area (Å²) in [6.45, 7) is 3.78. The number of amides is 1. The van der Waals surface area contributed by atoms with Gasteiger partial charge in [0.25, 0.3) is 11.5 Å². The van der Waals surface area contributed by atoms with Crippen LogP contribution in [0.1, 0.15) is 16.7 Å². The van der Waals surface area contributed by atoms with Crippen molar-refractivity contribution in [1.29, 1.82) is 5.26 Å². The largest absolute Gasteiger partial charge is 0.497 e. The molecule has 0 fully saturated rings. The molecule has 0 spiro atoms. The van der Waals surface area contributed by atoms with Crippen LogP contribution < -0.4 is 20.3 Å². The van der Waals surface area contributed by atoms with Crippen molar-refractivity contribution >= 4 is 23.3 Å². The zero-order valence-electron chi connectivity index (χ0n) is 19.4. The number of methoxy groups -OCH3 is 1. The number of aromatic nitrogens is 2. The molecular formula is C27H22N4O4. The minimum Gasteiger partial charge on any atom is -0.497 e. The Hall–Kier alpha value is -4.90. The summed E-state index contributed by atoms with van der Waals surface area (Å²) in [6.07, 6.45) is 2.77. The van der Waals surface area contributed by atoms with Gasteiger partial charge in [0.05, 0.1) is 7.11 Å². The van der Waals surface area contributed by atoms with Gasteiger partial charge in [0.2, 0.25) is 5.88 Å². The summed E-state index contributed by atoms with van der Waals surface area (Å²) in [4.78, 5) is 30.8. The molecule has 174 valence electrons. The molecular weight excluding hydrogens is 444 g/mol. The van der Waals surface area contributed by atoms with Crippen LogP contribution in [0.15, 0.2) is 77.2 Å². The first-order valence-electron chi connectivity index (χ1n) is 10.7. The zero-order chi connectivity index (χ0) is 24.9. The number of nitrogens with one attached hydrogen (secondary N) is 1. The SMILES string of the molecule is COc1cccc(NC(=O)/C(C#N)=C\c2c(Oc3ccc(C)cc3)nc3c(C)cccn3c2=O)c1. The minimum atomic E-state index is -0.684. The summed E-state index contributed by atoms with van der Waals surface area (Å²) in [6, 6.07) is 19.4. The molecule has 1 amide bonds. The number of nitrogens with zero attached hydrogens (tertiary/aromatic N) is 3. The molecule has 8 heteroatoms. The maximum absolute atomic E-state index is 13.4. The first kappa shape index (κ1) is 23.3. The number of ether oxygens (including phenoxy) is 2. The predicted molar refractivity (Wildman–Crippen MR) is 133 cm³/mol. The highest BCUT2D eigenvalue weighted by Crippen LogP contribution is 2.25. The maximum Gasteiger partial charge on any atom is 0.269 e. The van der Waals surface area contributed by atoms with Gasteiger partial charge >= 0.3 is 0 Å². The number of nitriles is 1. The maximum atomic E-state index is 13.4. The van der Waals surface area contributed by atoms with Crippen LogP contribution in [-0.2, 0) is 4.79 Å². The van der Waals surface area contributed by atoms with Crippen molar-refractivity contribution in [3.8, 4) is 23.4 Å². The van der Waals surface area contributed by atoms with E-state index in [1.807, 2.05) is 38.1 Å². The second-order valence-electron chi connectivity index (χ2n) is 7.79. The molecule has 2 aromatic heterocycles. The molecule has 0 unspecified atom stereocenters. The van der Waals surface area contributed by atoms with Gasteiger partial charge in [0, 0.05) is 18.0 Å². The third-order valence-electron chi connectivity index (χ3n) is 5.27. The number of hydrogen-bond donors (Lipinski definition) is 1. The van der Waals surface area contributed by atoms with E-state index in [9.17, 15) is 14.9 Å². The topological polar surface area (TPSA) is 106 Å². The predicted octanol–water partition coefficient (Wildman–Crippen LogP) is 4.66. The summed E-state index contributed by atoms with van der Waals surface area (Å²) >= 11 is 0. The first-order valence-corrected chi connectivity index (χ1v) is 10.7. The molecule has 1 N–H and O–H groups in total. The fourth-order valence-corrected chi connectivity index (χ4v) is 3.40. The first-order chi connectivity index (χ1) is 16.9. The van der Waals surface area contributed by atoms with E-state index in [4.69, 9.17) is 9.47 Å². The van der Waals surface area contributed by atoms with E-state index in [2.05, 4.69) is 10.3 Å². The van der Waals surface area contributed by atoms with Gasteiger partial charge in [-0.1, -0.05) is 29.8 Å². The molecule has 0 aliphatic carbocycles. The Morgan fingerprint density at radius 2 is 1.86 bits per heavy atom. The molecule has 0 bridgehead atoms. The zero-order valence-corrected chi connectivity index (χ0v) is 19.4. The number of carbonyl (C=O) groups excluding carboxylic acids is 1. The summed E-state index contributed by atoms with van der Waals surface area (Å²) in [7, 11) is 1.51. The average molecular weight is 466 g/mol. The van der Waals surface area contributed by atoms with Gasteiger partial charge in [-0.05, 0) is 55.8 Å². The molecule has 0 saturated carbocycles. The molecule has 2 aromatic carbocycles. The lowest BCUT2D eigenvalue weighted by molar-refractivity contribution is -0.112. The van der Waals surface area contributed by atoms with Crippen molar-refractivity contribution in [3.63, 3.8) is 0 Å². The second-order valence-corrected chi connectivity index (χ2v) is 7.79. The van der Waals surface area contributed by atoms with Crippen molar-refractivity contribution in [2.75, 3.05) is 12.4 Å². The summed E-state index contributed by atoms with van der Waals surface area (Å²) < 4.78 is 12.5. The molecule has 2 heterocycles. The molecule has 8 nitrogen and oxygen atoms in total. The molecule has 0 aliphatic rings. The Balaban J connectivity index is 1.81. The molecule has 0 saturated heterocycles. The Labute approximate surface area is 201 Å². The van der Waals surface area contributed by atoms with Crippen LogP contribution in [-0.4, -0.2) is 22.4 Å². The molecule has 0 atom stereocenters. The highest BCUT2D eigenvalue weighted by molar-refractivity contribution is 6.09. The van der Waals surface area contributed by atoms with Crippen LogP contribution in [0.25, 0.3) is 11.7 Å².